The summed E-state index contributed by atoms with van der Waals surface area (Å²) in [5.74, 6) is 6.95. The van der Waals surface area contributed by atoms with Crippen LogP contribution in [0.25, 0.3) is 0 Å². The van der Waals surface area contributed by atoms with E-state index in [9.17, 15) is 0 Å². The van der Waals surface area contributed by atoms with Crippen molar-refractivity contribution in [1.82, 2.24) is 0 Å². The molecule has 2 N–H and O–H groups in total. The van der Waals surface area contributed by atoms with Gasteiger partial charge in [-0.3, -0.25) is 0 Å². The van der Waals surface area contributed by atoms with Crippen LogP contribution >= 0.6 is 23.1 Å². The number of hydrogen-bond donors (Lipinski definition) is 1. The molecule has 0 saturated carbocycles. The molecular formula is C16H17NS2. The van der Waals surface area contributed by atoms with Gasteiger partial charge in [-0.15, -0.1) is 23.1 Å². The maximum Gasteiger partial charge on any atom is 0.0555 e. The van der Waals surface area contributed by atoms with Crippen molar-refractivity contribution in [3.05, 3.63) is 51.2 Å². The van der Waals surface area contributed by atoms with Gasteiger partial charge in [0.15, 0.2) is 0 Å². The maximum atomic E-state index is 5.37. The summed E-state index contributed by atoms with van der Waals surface area (Å²) in [7, 11) is 0. The molecule has 0 aliphatic carbocycles. The molecule has 0 amide bonds. The number of thiophene rings is 1. The lowest BCUT2D eigenvalue weighted by atomic mass is 10.2. The molecule has 0 unspecified atom stereocenters. The highest BCUT2D eigenvalue weighted by Crippen LogP contribution is 2.29. The molecule has 0 aliphatic rings. The molecule has 1 aromatic carbocycles. The van der Waals surface area contributed by atoms with E-state index in [1.807, 2.05) is 11.8 Å². The third-order valence-electron chi connectivity index (χ3n) is 2.70. The molecule has 1 heterocycles. The van der Waals surface area contributed by atoms with E-state index in [4.69, 9.17) is 5.73 Å². The quantitative estimate of drug-likeness (QED) is 0.683. The Labute approximate surface area is 123 Å². The lowest BCUT2D eigenvalue weighted by molar-refractivity contribution is 1.26. The van der Waals surface area contributed by atoms with E-state index in [1.54, 1.807) is 11.3 Å². The van der Waals surface area contributed by atoms with Crippen molar-refractivity contribution in [2.45, 2.75) is 24.5 Å². The molecule has 19 heavy (non-hydrogen) atoms. The summed E-state index contributed by atoms with van der Waals surface area (Å²) >= 11 is 3.65. The van der Waals surface area contributed by atoms with Gasteiger partial charge in [0.2, 0.25) is 0 Å². The second kappa shape index (κ2) is 6.81. The van der Waals surface area contributed by atoms with E-state index in [-0.39, 0.29) is 0 Å². The molecule has 0 saturated heterocycles. The van der Waals surface area contributed by atoms with Crippen LogP contribution in [-0.2, 0) is 5.75 Å². The molecule has 0 bridgehead atoms. The molecular weight excluding hydrogens is 270 g/mol. The van der Waals surface area contributed by atoms with Crippen LogP contribution in [0, 0.1) is 25.7 Å². The Bertz CT molecular complexity index is 617. The second-order valence-corrected chi connectivity index (χ2v) is 6.38. The molecule has 1 nitrogen and oxygen atoms in total. The molecule has 0 aliphatic heterocycles. The molecule has 2 rings (SSSR count). The van der Waals surface area contributed by atoms with E-state index in [0.29, 0.717) is 6.54 Å². The smallest absolute Gasteiger partial charge is 0.0555 e. The zero-order valence-electron chi connectivity index (χ0n) is 11.2. The Morgan fingerprint density at radius 1 is 1.26 bits per heavy atom. The average Bonchev–Trinajstić information content (AvgIpc) is 2.85. The summed E-state index contributed by atoms with van der Waals surface area (Å²) in [6.45, 7) is 4.71. The summed E-state index contributed by atoms with van der Waals surface area (Å²) < 4.78 is 0. The molecule has 3 heteroatoms. The maximum absolute atomic E-state index is 5.37. The van der Waals surface area contributed by atoms with Crippen LogP contribution in [0.15, 0.2) is 34.5 Å². The van der Waals surface area contributed by atoms with Gasteiger partial charge in [0.1, 0.15) is 0 Å². The van der Waals surface area contributed by atoms with Crippen molar-refractivity contribution in [3.63, 3.8) is 0 Å². The van der Waals surface area contributed by atoms with Gasteiger partial charge in [-0.2, -0.15) is 0 Å². The van der Waals surface area contributed by atoms with Crippen LogP contribution in [0.2, 0.25) is 0 Å². The summed E-state index contributed by atoms with van der Waals surface area (Å²) in [5, 5.41) is 2.10. The van der Waals surface area contributed by atoms with E-state index < -0.39 is 0 Å². The van der Waals surface area contributed by atoms with E-state index in [2.05, 4.69) is 55.3 Å². The van der Waals surface area contributed by atoms with Gasteiger partial charge in [0.05, 0.1) is 6.54 Å². The summed E-state index contributed by atoms with van der Waals surface area (Å²) in [5.41, 5.74) is 9.11. The van der Waals surface area contributed by atoms with Crippen LogP contribution in [0.3, 0.4) is 0 Å². The Morgan fingerprint density at radius 2 is 2.11 bits per heavy atom. The minimum absolute atomic E-state index is 0.419. The third-order valence-corrected chi connectivity index (χ3v) is 5.03. The first-order chi connectivity index (χ1) is 9.19. The molecule has 0 atom stereocenters. The Balaban J connectivity index is 2.02. The van der Waals surface area contributed by atoms with Gasteiger partial charge in [0.25, 0.3) is 0 Å². The molecule has 0 radical (unpaired) electrons. The summed E-state index contributed by atoms with van der Waals surface area (Å²) in [6.07, 6.45) is 0. The lowest BCUT2D eigenvalue weighted by Gasteiger charge is -2.05. The standard InChI is InChI=1S/C16H17NS2/c1-12-5-6-13(2)16(8-12)19-11-15-9-14(10-18-15)4-3-7-17/h5-6,8-10H,7,11,17H2,1-2H3. The van der Waals surface area contributed by atoms with Gasteiger partial charge in [0, 0.05) is 26.5 Å². The third kappa shape index (κ3) is 4.14. The number of thioether (sulfide) groups is 1. The molecule has 1 aromatic heterocycles. The normalized spacial score (nSPS) is 10.1. The van der Waals surface area contributed by atoms with Gasteiger partial charge in [-0.25, -0.2) is 0 Å². The predicted molar refractivity (Wildman–Crippen MR) is 85.7 cm³/mol. The SMILES string of the molecule is Cc1ccc(C)c(SCc2cc(C#CCN)cs2)c1. The van der Waals surface area contributed by atoms with E-state index >= 15 is 0 Å². The molecule has 0 spiro atoms. The first-order valence-corrected chi connectivity index (χ1v) is 8.02. The van der Waals surface area contributed by atoms with Gasteiger partial charge >= 0.3 is 0 Å². The largest absolute Gasteiger partial charge is 0.320 e. The first kappa shape index (κ1) is 14.2. The zero-order valence-corrected chi connectivity index (χ0v) is 12.8. The minimum atomic E-state index is 0.419. The molecule has 0 fully saturated rings. The van der Waals surface area contributed by atoms with Gasteiger partial charge in [-0.05, 0) is 31.5 Å². The lowest BCUT2D eigenvalue weighted by Crippen LogP contribution is -1.92. The Kier molecular flexibility index (Phi) is 5.09. The highest BCUT2D eigenvalue weighted by Gasteiger charge is 2.03. The van der Waals surface area contributed by atoms with Crippen molar-refractivity contribution >= 4 is 23.1 Å². The van der Waals surface area contributed by atoms with Crippen molar-refractivity contribution in [3.8, 4) is 11.8 Å². The van der Waals surface area contributed by atoms with Crippen LogP contribution in [-0.4, -0.2) is 6.54 Å². The van der Waals surface area contributed by atoms with Crippen molar-refractivity contribution in [2.24, 2.45) is 5.73 Å². The summed E-state index contributed by atoms with van der Waals surface area (Å²) in [6, 6.07) is 8.75. The van der Waals surface area contributed by atoms with Crippen molar-refractivity contribution < 1.29 is 0 Å². The molecule has 98 valence electrons. The van der Waals surface area contributed by atoms with Crippen LogP contribution in [0.5, 0.6) is 0 Å². The monoisotopic (exact) mass is 287 g/mol. The minimum Gasteiger partial charge on any atom is -0.320 e. The van der Waals surface area contributed by atoms with Crippen molar-refractivity contribution in [1.29, 1.82) is 0 Å². The Morgan fingerprint density at radius 3 is 2.89 bits per heavy atom. The highest BCUT2D eigenvalue weighted by atomic mass is 32.2. The van der Waals surface area contributed by atoms with Gasteiger partial charge < -0.3 is 5.73 Å². The zero-order chi connectivity index (χ0) is 13.7. The Hall–Kier alpha value is -1.21. The number of benzene rings is 1. The second-order valence-electron chi connectivity index (χ2n) is 4.37. The van der Waals surface area contributed by atoms with Crippen LogP contribution in [0.1, 0.15) is 21.6 Å². The fourth-order valence-corrected chi connectivity index (χ4v) is 3.68. The fraction of sp³-hybridized carbons (Fsp3) is 0.250. The van der Waals surface area contributed by atoms with Gasteiger partial charge in [-0.1, -0.05) is 29.5 Å². The van der Waals surface area contributed by atoms with Crippen molar-refractivity contribution in [2.75, 3.05) is 6.54 Å². The summed E-state index contributed by atoms with van der Waals surface area (Å²) in [4.78, 5) is 2.72. The molecule has 2 aromatic rings. The number of hydrogen-bond acceptors (Lipinski definition) is 3. The number of aryl methyl sites for hydroxylation is 2. The van der Waals surface area contributed by atoms with Crippen LogP contribution < -0.4 is 5.73 Å². The highest BCUT2D eigenvalue weighted by molar-refractivity contribution is 7.98. The van der Waals surface area contributed by atoms with E-state index in [0.717, 1.165) is 11.3 Å². The fourth-order valence-electron chi connectivity index (χ4n) is 1.69. The number of rotatable bonds is 3. The first-order valence-electron chi connectivity index (χ1n) is 6.15. The predicted octanol–water partition coefficient (Wildman–Crippen LogP) is 3.97. The van der Waals surface area contributed by atoms with Crippen LogP contribution in [0.4, 0.5) is 0 Å². The topological polar surface area (TPSA) is 26.0 Å². The van der Waals surface area contributed by atoms with E-state index in [1.165, 1.54) is 20.9 Å². The average molecular weight is 287 g/mol. The number of nitrogens with two attached hydrogens (primary N) is 1.